The Morgan fingerprint density at radius 3 is 2.61 bits per heavy atom. The van der Waals surface area contributed by atoms with Crippen LogP contribution in [0.5, 0.6) is 0 Å². The minimum Gasteiger partial charge on any atom is -0.350 e. The zero-order valence-corrected chi connectivity index (χ0v) is 13.7. The van der Waals surface area contributed by atoms with Crippen molar-refractivity contribution in [2.45, 2.75) is 33.4 Å². The van der Waals surface area contributed by atoms with Crippen molar-refractivity contribution in [2.24, 2.45) is 0 Å². The van der Waals surface area contributed by atoms with E-state index in [9.17, 15) is 4.79 Å². The first-order valence-electron chi connectivity index (χ1n) is 7.84. The molecule has 0 spiro atoms. The van der Waals surface area contributed by atoms with Gasteiger partial charge in [0.2, 0.25) is 5.91 Å². The standard InChI is InChI=1S/C19H21N3O/c1-13-8-4-5-9-16(13)12-20-19(23)15(3)22-18-11-7-6-10-17(18)14(2)21-22/h4-11,15H,12H2,1-3H3,(H,20,23)/t15-/m0/s1. The molecule has 0 radical (unpaired) electrons. The number of amides is 1. The summed E-state index contributed by atoms with van der Waals surface area (Å²) in [6.07, 6.45) is 0. The van der Waals surface area contributed by atoms with E-state index in [4.69, 9.17) is 0 Å². The Morgan fingerprint density at radius 2 is 1.83 bits per heavy atom. The molecule has 0 bridgehead atoms. The summed E-state index contributed by atoms with van der Waals surface area (Å²) < 4.78 is 1.80. The van der Waals surface area contributed by atoms with Crippen molar-refractivity contribution in [2.75, 3.05) is 0 Å². The van der Waals surface area contributed by atoms with Gasteiger partial charge in [0.1, 0.15) is 6.04 Å². The van der Waals surface area contributed by atoms with Crippen LogP contribution in [0.15, 0.2) is 48.5 Å². The van der Waals surface area contributed by atoms with Gasteiger partial charge in [-0.2, -0.15) is 5.10 Å². The van der Waals surface area contributed by atoms with Gasteiger partial charge in [0.05, 0.1) is 11.2 Å². The van der Waals surface area contributed by atoms with Crippen molar-refractivity contribution in [3.63, 3.8) is 0 Å². The van der Waals surface area contributed by atoms with Gasteiger partial charge in [-0.1, -0.05) is 42.5 Å². The van der Waals surface area contributed by atoms with Gasteiger partial charge >= 0.3 is 0 Å². The summed E-state index contributed by atoms with van der Waals surface area (Å²) in [6, 6.07) is 15.7. The quantitative estimate of drug-likeness (QED) is 0.801. The van der Waals surface area contributed by atoms with Crippen LogP contribution in [0.3, 0.4) is 0 Å². The lowest BCUT2D eigenvalue weighted by atomic mass is 10.1. The Morgan fingerprint density at radius 1 is 1.13 bits per heavy atom. The summed E-state index contributed by atoms with van der Waals surface area (Å²) in [6.45, 7) is 6.44. The zero-order chi connectivity index (χ0) is 16.4. The second-order valence-corrected chi connectivity index (χ2v) is 5.87. The molecule has 1 heterocycles. The van der Waals surface area contributed by atoms with Crippen molar-refractivity contribution in [3.8, 4) is 0 Å². The van der Waals surface area contributed by atoms with Gasteiger partial charge in [0, 0.05) is 11.9 Å². The molecule has 0 saturated carbocycles. The minimum absolute atomic E-state index is 0.0264. The highest BCUT2D eigenvalue weighted by atomic mass is 16.2. The van der Waals surface area contributed by atoms with Gasteiger partial charge in [-0.25, -0.2) is 0 Å². The fraction of sp³-hybridized carbons (Fsp3) is 0.263. The number of nitrogens with zero attached hydrogens (tertiary/aromatic N) is 2. The lowest BCUT2D eigenvalue weighted by Gasteiger charge is -2.14. The fourth-order valence-corrected chi connectivity index (χ4v) is 2.79. The minimum atomic E-state index is -0.349. The highest BCUT2D eigenvalue weighted by Gasteiger charge is 2.19. The van der Waals surface area contributed by atoms with Crippen LogP contribution in [0.1, 0.15) is 29.8 Å². The summed E-state index contributed by atoms with van der Waals surface area (Å²) >= 11 is 0. The average Bonchev–Trinajstić information content (AvgIpc) is 2.90. The number of benzene rings is 2. The van der Waals surface area contributed by atoms with Crippen molar-refractivity contribution < 1.29 is 4.79 Å². The third-order valence-corrected chi connectivity index (χ3v) is 4.26. The molecule has 0 fully saturated rings. The number of carbonyl (C=O) groups is 1. The first-order valence-corrected chi connectivity index (χ1v) is 7.84. The zero-order valence-electron chi connectivity index (χ0n) is 13.7. The second-order valence-electron chi connectivity index (χ2n) is 5.87. The van der Waals surface area contributed by atoms with Crippen LogP contribution in [-0.4, -0.2) is 15.7 Å². The predicted octanol–water partition coefficient (Wildman–Crippen LogP) is 3.53. The maximum atomic E-state index is 12.5. The van der Waals surface area contributed by atoms with Gasteiger partial charge in [-0.3, -0.25) is 9.48 Å². The molecule has 1 atom stereocenters. The fourth-order valence-electron chi connectivity index (χ4n) is 2.79. The van der Waals surface area contributed by atoms with E-state index in [2.05, 4.69) is 23.4 Å². The first kappa shape index (κ1) is 15.3. The smallest absolute Gasteiger partial charge is 0.244 e. The molecular formula is C19H21N3O. The third-order valence-electron chi connectivity index (χ3n) is 4.26. The van der Waals surface area contributed by atoms with Crippen LogP contribution >= 0.6 is 0 Å². The van der Waals surface area contributed by atoms with E-state index in [-0.39, 0.29) is 11.9 Å². The summed E-state index contributed by atoms with van der Waals surface area (Å²) in [5.41, 5.74) is 4.25. The number of aryl methyl sites for hydroxylation is 2. The van der Waals surface area contributed by atoms with Crippen LogP contribution in [-0.2, 0) is 11.3 Å². The number of carbonyl (C=O) groups excluding carboxylic acids is 1. The van der Waals surface area contributed by atoms with E-state index in [0.717, 1.165) is 22.2 Å². The third kappa shape index (κ3) is 2.97. The Hall–Kier alpha value is -2.62. The largest absolute Gasteiger partial charge is 0.350 e. The first-order chi connectivity index (χ1) is 11.1. The summed E-state index contributed by atoms with van der Waals surface area (Å²) in [7, 11) is 0. The molecule has 0 aliphatic rings. The number of fused-ring (bicyclic) bond motifs is 1. The molecule has 3 aromatic rings. The molecule has 23 heavy (non-hydrogen) atoms. The van der Waals surface area contributed by atoms with Gasteiger partial charge < -0.3 is 5.32 Å². The van der Waals surface area contributed by atoms with Crippen LogP contribution in [0.4, 0.5) is 0 Å². The summed E-state index contributed by atoms with van der Waals surface area (Å²) in [5.74, 6) is -0.0264. The second kappa shape index (κ2) is 6.24. The van der Waals surface area contributed by atoms with Gasteiger partial charge in [-0.15, -0.1) is 0 Å². The highest BCUT2D eigenvalue weighted by Crippen LogP contribution is 2.21. The number of hydrogen-bond acceptors (Lipinski definition) is 2. The average molecular weight is 307 g/mol. The molecule has 1 aromatic heterocycles. The Labute approximate surface area is 136 Å². The van der Waals surface area contributed by atoms with E-state index in [1.807, 2.05) is 56.3 Å². The molecule has 2 aromatic carbocycles. The summed E-state index contributed by atoms with van der Waals surface area (Å²) in [4.78, 5) is 12.5. The molecule has 0 aliphatic carbocycles. The van der Waals surface area contributed by atoms with Crippen molar-refractivity contribution in [1.82, 2.24) is 15.1 Å². The molecule has 0 saturated heterocycles. The molecule has 0 unspecified atom stereocenters. The Balaban J connectivity index is 1.78. The molecule has 118 valence electrons. The van der Waals surface area contributed by atoms with Crippen molar-refractivity contribution in [1.29, 1.82) is 0 Å². The van der Waals surface area contributed by atoms with Crippen molar-refractivity contribution in [3.05, 3.63) is 65.4 Å². The predicted molar refractivity (Wildman–Crippen MR) is 92.2 cm³/mol. The van der Waals surface area contributed by atoms with Gasteiger partial charge in [0.15, 0.2) is 0 Å². The number of para-hydroxylation sites is 1. The molecule has 1 amide bonds. The molecular weight excluding hydrogens is 286 g/mol. The maximum absolute atomic E-state index is 12.5. The lowest BCUT2D eigenvalue weighted by molar-refractivity contribution is -0.124. The van der Waals surface area contributed by atoms with E-state index < -0.39 is 0 Å². The monoisotopic (exact) mass is 307 g/mol. The number of rotatable bonds is 4. The lowest BCUT2D eigenvalue weighted by Crippen LogP contribution is -2.31. The van der Waals surface area contributed by atoms with Crippen molar-refractivity contribution >= 4 is 16.8 Å². The van der Waals surface area contributed by atoms with E-state index in [0.29, 0.717) is 6.54 Å². The molecule has 4 heteroatoms. The van der Waals surface area contributed by atoms with Crippen LogP contribution in [0.2, 0.25) is 0 Å². The Kier molecular flexibility index (Phi) is 4.15. The van der Waals surface area contributed by atoms with Gasteiger partial charge in [-0.05, 0) is 38.0 Å². The van der Waals surface area contributed by atoms with Gasteiger partial charge in [0.25, 0.3) is 0 Å². The SMILES string of the molecule is Cc1ccccc1CNC(=O)[C@H](C)n1nc(C)c2ccccc21. The van der Waals surface area contributed by atoms with Crippen LogP contribution in [0, 0.1) is 13.8 Å². The normalized spacial score (nSPS) is 12.3. The van der Waals surface area contributed by atoms with E-state index in [1.54, 1.807) is 4.68 Å². The van der Waals surface area contributed by atoms with Crippen LogP contribution < -0.4 is 5.32 Å². The van der Waals surface area contributed by atoms with Crippen LogP contribution in [0.25, 0.3) is 10.9 Å². The Bertz CT molecular complexity index is 851. The molecule has 4 nitrogen and oxygen atoms in total. The number of nitrogens with one attached hydrogen (secondary N) is 1. The highest BCUT2D eigenvalue weighted by molar-refractivity contribution is 5.86. The van der Waals surface area contributed by atoms with E-state index in [1.165, 1.54) is 5.56 Å². The van der Waals surface area contributed by atoms with E-state index >= 15 is 0 Å². The molecule has 3 rings (SSSR count). The number of hydrogen-bond donors (Lipinski definition) is 1. The topological polar surface area (TPSA) is 46.9 Å². The molecule has 0 aliphatic heterocycles. The summed E-state index contributed by atoms with van der Waals surface area (Å²) in [5, 5.41) is 8.64. The molecule has 1 N–H and O–H groups in total. The maximum Gasteiger partial charge on any atom is 0.244 e. The number of aromatic nitrogens is 2.